The number of esters is 1. The Morgan fingerprint density at radius 3 is 2.00 bits per heavy atom. The average molecular weight is 406 g/mol. The predicted octanol–water partition coefficient (Wildman–Crippen LogP) is 2.45. The number of hydrogen-bond donors (Lipinski definition) is 1. The van der Waals surface area contributed by atoms with Crippen LogP contribution in [0, 0.1) is 6.92 Å². The first-order valence-corrected chi connectivity index (χ1v) is 8.75. The third-order valence-electron chi connectivity index (χ3n) is 2.99. The molecule has 1 atom stereocenters. The molecule has 0 bridgehead atoms. The van der Waals surface area contributed by atoms with Gasteiger partial charge < -0.3 is 19.3 Å². The summed E-state index contributed by atoms with van der Waals surface area (Å²) in [7, 11) is 0. The minimum Gasteiger partial charge on any atom is -0.460 e. The second kappa shape index (κ2) is 16.1. The number of aliphatic hydroxyl groups excluding tert-OH is 1. The van der Waals surface area contributed by atoms with Gasteiger partial charge in [0.05, 0.1) is 43.9 Å². The molecule has 158 valence electrons. The van der Waals surface area contributed by atoms with E-state index >= 15 is 0 Å². The summed E-state index contributed by atoms with van der Waals surface area (Å²) in [5.41, 5.74) is 1.94. The van der Waals surface area contributed by atoms with Crippen LogP contribution in [-0.4, -0.2) is 62.4 Å². The molecule has 0 amide bonds. The molecular weight excluding hydrogens is 380 g/mol. The summed E-state index contributed by atoms with van der Waals surface area (Å²) in [6.45, 7) is 11.6. The van der Waals surface area contributed by atoms with Crippen LogP contribution in [0.15, 0.2) is 40.3 Å². The van der Waals surface area contributed by atoms with Gasteiger partial charge in [-0.25, -0.2) is 14.4 Å². The summed E-state index contributed by atoms with van der Waals surface area (Å²) < 4.78 is 13.7. The van der Waals surface area contributed by atoms with Crippen LogP contribution in [0.4, 0.5) is 11.4 Å². The molecule has 2 heterocycles. The number of carbonyl (C=O) groups is 1. The van der Waals surface area contributed by atoms with E-state index in [1.807, 2.05) is 0 Å². The molecule has 2 saturated heterocycles. The van der Waals surface area contributed by atoms with Crippen molar-refractivity contribution in [1.82, 2.24) is 0 Å². The van der Waals surface area contributed by atoms with E-state index in [1.165, 1.54) is 12.2 Å². The number of epoxide rings is 2. The van der Waals surface area contributed by atoms with E-state index in [4.69, 9.17) is 9.84 Å². The molecule has 1 N–H and O–H groups in total. The fraction of sp³-hybridized carbons (Fsp3) is 0.450. The second-order valence-electron chi connectivity index (χ2n) is 5.72. The van der Waals surface area contributed by atoms with Gasteiger partial charge in [-0.05, 0) is 32.9 Å². The second-order valence-corrected chi connectivity index (χ2v) is 5.72. The SMILES string of the molecule is C1CO1.C=C(C)C(=O)OCCO.CC1CO1.Cc1c(N=C=O)cccc1N=C=O. The summed E-state index contributed by atoms with van der Waals surface area (Å²) in [5.74, 6) is -0.455. The molecule has 0 aliphatic carbocycles. The molecule has 0 saturated carbocycles. The predicted molar refractivity (Wildman–Crippen MR) is 106 cm³/mol. The van der Waals surface area contributed by atoms with E-state index in [0.29, 0.717) is 28.6 Å². The van der Waals surface area contributed by atoms with Crippen LogP contribution in [0.2, 0.25) is 0 Å². The fourth-order valence-corrected chi connectivity index (χ4v) is 1.31. The molecule has 2 aliphatic heterocycles. The maximum Gasteiger partial charge on any atom is 0.333 e. The molecule has 1 aromatic rings. The summed E-state index contributed by atoms with van der Waals surface area (Å²) in [6.07, 6.45) is 3.44. The maximum absolute atomic E-state index is 10.5. The lowest BCUT2D eigenvalue weighted by atomic mass is 10.1. The van der Waals surface area contributed by atoms with Gasteiger partial charge in [0.15, 0.2) is 0 Å². The smallest absolute Gasteiger partial charge is 0.333 e. The number of rotatable bonds is 5. The lowest BCUT2D eigenvalue weighted by molar-refractivity contribution is -0.139. The zero-order valence-corrected chi connectivity index (χ0v) is 16.8. The van der Waals surface area contributed by atoms with Crippen molar-refractivity contribution in [2.24, 2.45) is 9.98 Å². The lowest BCUT2D eigenvalue weighted by Crippen LogP contribution is -2.08. The van der Waals surface area contributed by atoms with Crippen LogP contribution in [-0.2, 0) is 28.6 Å². The number of isocyanates is 2. The maximum atomic E-state index is 10.5. The van der Waals surface area contributed by atoms with Gasteiger partial charge in [0.1, 0.15) is 6.61 Å². The van der Waals surface area contributed by atoms with Crippen molar-refractivity contribution >= 4 is 29.5 Å². The topological polar surface area (TPSA) is 130 Å². The highest BCUT2D eigenvalue weighted by atomic mass is 16.6. The monoisotopic (exact) mass is 406 g/mol. The number of nitrogens with zero attached hydrogens (tertiary/aromatic N) is 2. The van der Waals surface area contributed by atoms with Crippen molar-refractivity contribution in [2.75, 3.05) is 33.0 Å². The van der Waals surface area contributed by atoms with E-state index < -0.39 is 5.97 Å². The van der Waals surface area contributed by atoms with Crippen LogP contribution in [0.25, 0.3) is 0 Å². The van der Waals surface area contributed by atoms with Gasteiger partial charge in [-0.2, -0.15) is 9.98 Å². The minimum atomic E-state index is -0.455. The highest BCUT2D eigenvalue weighted by Gasteiger charge is 2.13. The normalized spacial score (nSPS) is 14.4. The Morgan fingerprint density at radius 2 is 1.72 bits per heavy atom. The fourth-order valence-electron chi connectivity index (χ4n) is 1.31. The van der Waals surface area contributed by atoms with Crippen LogP contribution < -0.4 is 0 Å². The van der Waals surface area contributed by atoms with Gasteiger partial charge >= 0.3 is 5.97 Å². The van der Waals surface area contributed by atoms with Crippen molar-refractivity contribution < 1.29 is 33.7 Å². The van der Waals surface area contributed by atoms with Crippen molar-refractivity contribution in [3.8, 4) is 0 Å². The Labute approximate surface area is 169 Å². The van der Waals surface area contributed by atoms with Crippen molar-refractivity contribution in [1.29, 1.82) is 0 Å². The quantitative estimate of drug-likeness (QED) is 0.261. The highest BCUT2D eigenvalue weighted by Crippen LogP contribution is 2.26. The number of aliphatic imine (C=N–C) groups is 2. The van der Waals surface area contributed by atoms with E-state index in [9.17, 15) is 14.4 Å². The standard InChI is InChI=1S/C9H6N2O2.C6H10O3.C3H6O.C2H4O/c1-7-8(10-5-12)3-2-4-9(7)11-6-13;1-5(2)6(8)9-4-3-7;1-3-2-4-3;1-2-3-1/h2-4H,1H3;7H,1,3-4H2,2H3;3H,2H2,1H3;1-2H2. The minimum absolute atomic E-state index is 0.0473. The first-order valence-electron chi connectivity index (χ1n) is 8.75. The third kappa shape index (κ3) is 15.8. The Kier molecular flexibility index (Phi) is 14.4. The Morgan fingerprint density at radius 1 is 1.28 bits per heavy atom. The van der Waals surface area contributed by atoms with Crippen LogP contribution >= 0.6 is 0 Å². The van der Waals surface area contributed by atoms with E-state index in [2.05, 4.69) is 33.0 Å². The zero-order valence-electron chi connectivity index (χ0n) is 16.8. The molecule has 1 aromatic carbocycles. The van der Waals surface area contributed by atoms with Crippen LogP contribution in [0.1, 0.15) is 19.4 Å². The molecule has 0 aromatic heterocycles. The van der Waals surface area contributed by atoms with Gasteiger partial charge in [0.2, 0.25) is 12.2 Å². The summed E-state index contributed by atoms with van der Waals surface area (Å²) in [6, 6.07) is 4.94. The lowest BCUT2D eigenvalue weighted by Gasteiger charge is -1.99. The summed E-state index contributed by atoms with van der Waals surface area (Å²) in [4.78, 5) is 37.4. The van der Waals surface area contributed by atoms with E-state index in [1.54, 1.807) is 32.0 Å². The molecular formula is C20H26N2O7. The molecule has 0 radical (unpaired) electrons. The van der Waals surface area contributed by atoms with Gasteiger partial charge in [-0.3, -0.25) is 0 Å². The number of hydrogen-bond acceptors (Lipinski definition) is 9. The molecule has 3 rings (SSSR count). The first-order chi connectivity index (χ1) is 13.9. The summed E-state index contributed by atoms with van der Waals surface area (Å²) >= 11 is 0. The number of aliphatic hydroxyl groups is 1. The third-order valence-corrected chi connectivity index (χ3v) is 2.99. The van der Waals surface area contributed by atoms with Crippen molar-refractivity contribution in [3.63, 3.8) is 0 Å². The van der Waals surface area contributed by atoms with Gasteiger partial charge in [-0.1, -0.05) is 12.6 Å². The number of benzene rings is 1. The average Bonchev–Trinajstić information content (AvgIpc) is 3.59. The van der Waals surface area contributed by atoms with E-state index in [-0.39, 0.29) is 13.2 Å². The highest BCUT2D eigenvalue weighted by molar-refractivity contribution is 5.86. The number of ether oxygens (including phenoxy) is 3. The van der Waals surface area contributed by atoms with E-state index in [0.717, 1.165) is 19.8 Å². The summed E-state index contributed by atoms with van der Waals surface area (Å²) in [5, 5.41) is 8.19. The largest absolute Gasteiger partial charge is 0.460 e. The number of carbonyl (C=O) groups excluding carboxylic acids is 3. The Bertz CT molecular complexity index is 706. The first kappa shape index (κ1) is 26.1. The molecule has 2 fully saturated rings. The van der Waals surface area contributed by atoms with Gasteiger partial charge in [-0.15, -0.1) is 0 Å². The van der Waals surface area contributed by atoms with Crippen LogP contribution in [0.5, 0.6) is 0 Å². The van der Waals surface area contributed by atoms with Gasteiger partial charge in [0, 0.05) is 11.1 Å². The van der Waals surface area contributed by atoms with Crippen LogP contribution in [0.3, 0.4) is 0 Å². The molecule has 9 nitrogen and oxygen atoms in total. The van der Waals surface area contributed by atoms with Gasteiger partial charge in [0.25, 0.3) is 0 Å². The Balaban J connectivity index is 0.000000417. The molecule has 0 spiro atoms. The van der Waals surface area contributed by atoms with Crippen molar-refractivity contribution in [2.45, 2.75) is 26.9 Å². The Hall–Kier alpha value is -2.93. The molecule has 1 unspecified atom stereocenters. The molecule has 2 aliphatic rings. The molecule has 9 heteroatoms. The molecule has 29 heavy (non-hydrogen) atoms. The van der Waals surface area contributed by atoms with Crippen molar-refractivity contribution in [3.05, 3.63) is 35.9 Å². The zero-order chi connectivity index (χ0) is 22.1.